The molecule has 0 amide bonds. The smallest absolute Gasteiger partial charge is 0.311 e. The Labute approximate surface area is 120 Å². The molecule has 1 atom stereocenters. The van der Waals surface area contributed by atoms with E-state index in [1.165, 1.54) is 37.3 Å². The number of hydrogen-bond acceptors (Lipinski definition) is 4. The quantitative estimate of drug-likeness (QED) is 0.685. The average molecular weight is 291 g/mol. The van der Waals surface area contributed by atoms with Gasteiger partial charge < -0.3 is 9.84 Å². The predicted octanol–water partition coefficient (Wildman–Crippen LogP) is 3.89. The maximum absolute atomic E-state index is 13.0. The zero-order valence-electron chi connectivity index (χ0n) is 11.5. The first-order valence-corrected chi connectivity index (χ1v) is 6.29. The third-order valence-corrected chi connectivity index (χ3v) is 3.02. The van der Waals surface area contributed by atoms with E-state index in [1.807, 2.05) is 0 Å². The van der Waals surface area contributed by atoms with Crippen LogP contribution in [-0.4, -0.2) is 10.0 Å². The Kier molecular flexibility index (Phi) is 4.18. The molecule has 0 bridgehead atoms. The number of nitrogens with zero attached hydrogens (tertiary/aromatic N) is 1. The van der Waals surface area contributed by atoms with Gasteiger partial charge in [-0.1, -0.05) is 6.07 Å². The van der Waals surface area contributed by atoms with Crippen molar-refractivity contribution in [3.8, 4) is 11.5 Å². The molecule has 6 heteroatoms. The molecule has 0 aliphatic carbocycles. The van der Waals surface area contributed by atoms with Crippen LogP contribution in [0.5, 0.6) is 11.5 Å². The number of aryl methyl sites for hydroxylation is 1. The molecule has 21 heavy (non-hydrogen) atoms. The van der Waals surface area contributed by atoms with Gasteiger partial charge in [-0.15, -0.1) is 0 Å². The summed E-state index contributed by atoms with van der Waals surface area (Å²) in [4.78, 5) is 10.5. The summed E-state index contributed by atoms with van der Waals surface area (Å²) in [6.07, 6.45) is -0.815. The molecule has 0 aliphatic rings. The van der Waals surface area contributed by atoms with Crippen molar-refractivity contribution in [2.75, 3.05) is 0 Å². The van der Waals surface area contributed by atoms with E-state index in [-0.39, 0.29) is 11.4 Å². The van der Waals surface area contributed by atoms with Crippen LogP contribution >= 0.6 is 0 Å². The van der Waals surface area contributed by atoms with E-state index in [1.54, 1.807) is 13.0 Å². The second-order valence-electron chi connectivity index (χ2n) is 4.67. The highest BCUT2D eigenvalue weighted by molar-refractivity contribution is 5.51. The van der Waals surface area contributed by atoms with Crippen molar-refractivity contribution in [3.63, 3.8) is 0 Å². The summed E-state index contributed by atoms with van der Waals surface area (Å²) in [5.41, 5.74) is 0.700. The number of aliphatic hydroxyl groups excluding tert-OH is 1. The number of ether oxygens (including phenoxy) is 1. The van der Waals surface area contributed by atoms with Gasteiger partial charge in [0, 0.05) is 6.07 Å². The zero-order chi connectivity index (χ0) is 15.6. The normalized spacial score (nSPS) is 12.0. The molecule has 0 saturated carbocycles. The number of rotatable bonds is 4. The fourth-order valence-electron chi connectivity index (χ4n) is 1.87. The minimum atomic E-state index is -0.815. The Balaban J connectivity index is 2.41. The van der Waals surface area contributed by atoms with E-state index in [2.05, 4.69) is 0 Å². The number of hydrogen-bond donors (Lipinski definition) is 1. The first-order valence-electron chi connectivity index (χ1n) is 6.29. The summed E-state index contributed by atoms with van der Waals surface area (Å²) < 4.78 is 18.5. The van der Waals surface area contributed by atoms with Crippen LogP contribution in [0, 0.1) is 22.9 Å². The molecule has 0 radical (unpaired) electrons. The van der Waals surface area contributed by atoms with Crippen molar-refractivity contribution >= 4 is 5.69 Å². The molecular weight excluding hydrogens is 277 g/mol. The Bertz CT molecular complexity index is 685. The fraction of sp³-hybridized carbons (Fsp3) is 0.200. The molecular formula is C15H14FNO4. The van der Waals surface area contributed by atoms with Gasteiger partial charge in [0.2, 0.25) is 5.75 Å². The maximum Gasteiger partial charge on any atom is 0.311 e. The van der Waals surface area contributed by atoms with Gasteiger partial charge in [0.05, 0.1) is 11.0 Å². The standard InChI is InChI=1S/C15H14FNO4/c1-9-7-12(16)4-6-14(9)21-15-5-3-11(10(2)18)8-13(15)17(19)20/h3-8,10,18H,1-2H3/t10-/m1/s1. The largest absolute Gasteiger partial charge is 0.450 e. The minimum Gasteiger partial charge on any atom is -0.450 e. The second-order valence-corrected chi connectivity index (χ2v) is 4.67. The molecule has 2 rings (SSSR count). The Morgan fingerprint density at radius 3 is 2.48 bits per heavy atom. The SMILES string of the molecule is Cc1cc(F)ccc1Oc1ccc([C@@H](C)O)cc1[N+](=O)[O-]. The number of nitro groups is 1. The van der Waals surface area contributed by atoms with Crippen LogP contribution < -0.4 is 4.74 Å². The molecule has 5 nitrogen and oxygen atoms in total. The first-order chi connectivity index (χ1) is 9.88. The van der Waals surface area contributed by atoms with Crippen LogP contribution in [0.4, 0.5) is 10.1 Å². The van der Waals surface area contributed by atoms with Gasteiger partial charge in [0.15, 0.2) is 0 Å². The van der Waals surface area contributed by atoms with Gasteiger partial charge in [-0.3, -0.25) is 10.1 Å². The average Bonchev–Trinajstić information content (AvgIpc) is 2.41. The molecule has 0 spiro atoms. The van der Waals surface area contributed by atoms with Crippen molar-refractivity contribution in [3.05, 3.63) is 63.5 Å². The summed E-state index contributed by atoms with van der Waals surface area (Å²) >= 11 is 0. The minimum absolute atomic E-state index is 0.0408. The van der Waals surface area contributed by atoms with E-state index >= 15 is 0 Å². The number of halogens is 1. The summed E-state index contributed by atoms with van der Waals surface area (Å²) in [5, 5.41) is 20.6. The lowest BCUT2D eigenvalue weighted by Crippen LogP contribution is -1.98. The van der Waals surface area contributed by atoms with E-state index in [0.717, 1.165) is 0 Å². The molecule has 0 aliphatic heterocycles. The molecule has 1 N–H and O–H groups in total. The van der Waals surface area contributed by atoms with Crippen LogP contribution in [0.3, 0.4) is 0 Å². The number of aliphatic hydroxyl groups is 1. The van der Waals surface area contributed by atoms with Gasteiger partial charge in [-0.2, -0.15) is 0 Å². The van der Waals surface area contributed by atoms with E-state index in [4.69, 9.17) is 4.74 Å². The highest BCUT2D eigenvalue weighted by Gasteiger charge is 2.19. The summed E-state index contributed by atoms with van der Waals surface area (Å²) in [6.45, 7) is 3.16. The van der Waals surface area contributed by atoms with Crippen molar-refractivity contribution in [1.82, 2.24) is 0 Å². The summed E-state index contributed by atoms with van der Waals surface area (Å²) in [7, 11) is 0. The van der Waals surface area contributed by atoms with Gasteiger partial charge in [-0.05, 0) is 49.2 Å². The molecule has 2 aromatic rings. The molecule has 0 unspecified atom stereocenters. The lowest BCUT2D eigenvalue weighted by molar-refractivity contribution is -0.385. The van der Waals surface area contributed by atoms with E-state index in [0.29, 0.717) is 16.9 Å². The molecule has 0 saturated heterocycles. The Morgan fingerprint density at radius 2 is 1.90 bits per heavy atom. The predicted molar refractivity (Wildman–Crippen MR) is 74.9 cm³/mol. The molecule has 0 heterocycles. The summed E-state index contributed by atoms with van der Waals surface area (Å²) in [5.74, 6) is -0.0257. The zero-order valence-corrected chi connectivity index (χ0v) is 11.5. The van der Waals surface area contributed by atoms with Crippen molar-refractivity contribution in [2.45, 2.75) is 20.0 Å². The Morgan fingerprint density at radius 1 is 1.24 bits per heavy atom. The van der Waals surface area contributed by atoms with Gasteiger partial charge in [-0.25, -0.2) is 4.39 Å². The highest BCUT2D eigenvalue weighted by atomic mass is 19.1. The number of benzene rings is 2. The highest BCUT2D eigenvalue weighted by Crippen LogP contribution is 2.34. The van der Waals surface area contributed by atoms with Crippen LogP contribution in [0.15, 0.2) is 36.4 Å². The van der Waals surface area contributed by atoms with Crippen LogP contribution in [-0.2, 0) is 0 Å². The molecule has 2 aromatic carbocycles. The molecule has 0 aromatic heterocycles. The summed E-state index contributed by atoms with van der Waals surface area (Å²) in [6, 6.07) is 8.15. The molecule has 110 valence electrons. The lowest BCUT2D eigenvalue weighted by Gasteiger charge is -2.11. The third kappa shape index (κ3) is 3.35. The molecule has 0 fully saturated rings. The van der Waals surface area contributed by atoms with E-state index in [9.17, 15) is 19.6 Å². The fourth-order valence-corrected chi connectivity index (χ4v) is 1.87. The van der Waals surface area contributed by atoms with Crippen LogP contribution in [0.2, 0.25) is 0 Å². The van der Waals surface area contributed by atoms with Crippen LogP contribution in [0.25, 0.3) is 0 Å². The van der Waals surface area contributed by atoms with E-state index < -0.39 is 16.8 Å². The maximum atomic E-state index is 13.0. The first kappa shape index (κ1) is 14.9. The van der Waals surface area contributed by atoms with Crippen molar-refractivity contribution in [2.24, 2.45) is 0 Å². The van der Waals surface area contributed by atoms with Crippen LogP contribution in [0.1, 0.15) is 24.2 Å². The lowest BCUT2D eigenvalue weighted by atomic mass is 10.1. The van der Waals surface area contributed by atoms with Gasteiger partial charge in [0.25, 0.3) is 0 Å². The van der Waals surface area contributed by atoms with Crippen molar-refractivity contribution < 1.29 is 19.2 Å². The van der Waals surface area contributed by atoms with Gasteiger partial charge >= 0.3 is 5.69 Å². The Hall–Kier alpha value is -2.47. The second kappa shape index (κ2) is 5.88. The van der Waals surface area contributed by atoms with Crippen molar-refractivity contribution in [1.29, 1.82) is 0 Å². The monoisotopic (exact) mass is 291 g/mol. The topological polar surface area (TPSA) is 72.6 Å². The third-order valence-electron chi connectivity index (χ3n) is 3.02. The number of nitro benzene ring substituents is 1. The van der Waals surface area contributed by atoms with Gasteiger partial charge in [0.1, 0.15) is 11.6 Å².